The minimum absolute atomic E-state index is 0.636. The van der Waals surface area contributed by atoms with Crippen LogP contribution in [0.25, 0.3) is 0 Å². The lowest BCUT2D eigenvalue weighted by Crippen LogP contribution is -2.58. The van der Waals surface area contributed by atoms with Gasteiger partial charge in [0.15, 0.2) is 5.11 Å². The van der Waals surface area contributed by atoms with E-state index in [9.17, 15) is 0 Å². The molecular formula is C22H34N4S. The lowest BCUT2D eigenvalue weighted by Gasteiger charge is -2.51. The highest BCUT2D eigenvalue weighted by atomic mass is 32.1. The molecule has 1 aromatic rings. The maximum Gasteiger partial charge on any atom is 0.170 e. The first-order valence-corrected chi connectivity index (χ1v) is 11.1. The summed E-state index contributed by atoms with van der Waals surface area (Å²) in [4.78, 5) is 5.45. The van der Waals surface area contributed by atoms with E-state index in [1.807, 2.05) is 30.3 Å². The van der Waals surface area contributed by atoms with Crippen molar-refractivity contribution in [1.29, 1.82) is 0 Å². The minimum atomic E-state index is 0.636. The van der Waals surface area contributed by atoms with E-state index in [-0.39, 0.29) is 0 Å². The fourth-order valence-electron chi connectivity index (χ4n) is 5.15. The highest BCUT2D eigenvalue weighted by molar-refractivity contribution is 7.80. The molecule has 1 aromatic carbocycles. The van der Waals surface area contributed by atoms with Crippen molar-refractivity contribution in [3.05, 3.63) is 30.3 Å². The van der Waals surface area contributed by atoms with E-state index in [0.29, 0.717) is 6.04 Å². The zero-order valence-electron chi connectivity index (χ0n) is 16.6. The third-order valence-corrected chi connectivity index (χ3v) is 7.16. The number of fused-ring (bicyclic) bond motifs is 3. The van der Waals surface area contributed by atoms with Gasteiger partial charge in [-0.25, -0.2) is 0 Å². The Morgan fingerprint density at radius 1 is 1.11 bits per heavy atom. The molecule has 0 saturated carbocycles. The first kappa shape index (κ1) is 19.2. The number of thiocarbonyl (C=S) groups is 1. The molecule has 4 nitrogen and oxygen atoms in total. The fourth-order valence-corrected chi connectivity index (χ4v) is 5.35. The second-order valence-electron chi connectivity index (χ2n) is 8.88. The van der Waals surface area contributed by atoms with Crippen molar-refractivity contribution in [3.63, 3.8) is 0 Å². The highest BCUT2D eigenvalue weighted by Gasteiger charge is 2.40. The van der Waals surface area contributed by atoms with Crippen LogP contribution >= 0.6 is 12.2 Å². The molecule has 4 aliphatic rings. The molecule has 27 heavy (non-hydrogen) atoms. The molecule has 4 fully saturated rings. The lowest BCUT2D eigenvalue weighted by atomic mass is 9.75. The van der Waals surface area contributed by atoms with E-state index in [4.69, 9.17) is 12.2 Å². The molecule has 0 aliphatic carbocycles. The van der Waals surface area contributed by atoms with Crippen molar-refractivity contribution in [2.24, 2.45) is 17.8 Å². The third kappa shape index (κ3) is 5.01. The predicted octanol–water partition coefficient (Wildman–Crippen LogP) is 3.42. The topological polar surface area (TPSA) is 30.5 Å². The van der Waals surface area contributed by atoms with Gasteiger partial charge in [0, 0.05) is 31.4 Å². The van der Waals surface area contributed by atoms with E-state index < -0.39 is 0 Å². The van der Waals surface area contributed by atoms with Crippen LogP contribution in [0.1, 0.15) is 32.6 Å². The van der Waals surface area contributed by atoms with Crippen molar-refractivity contribution < 1.29 is 0 Å². The van der Waals surface area contributed by atoms with Crippen molar-refractivity contribution in [3.8, 4) is 0 Å². The number of likely N-dealkylation sites (tertiary alicyclic amines) is 1. The van der Waals surface area contributed by atoms with E-state index in [2.05, 4.69) is 27.4 Å². The van der Waals surface area contributed by atoms with Crippen LogP contribution in [0, 0.1) is 17.8 Å². The predicted molar refractivity (Wildman–Crippen MR) is 117 cm³/mol. The van der Waals surface area contributed by atoms with Gasteiger partial charge in [0.05, 0.1) is 0 Å². The van der Waals surface area contributed by atoms with Crippen LogP contribution in [0.5, 0.6) is 0 Å². The first-order chi connectivity index (χ1) is 13.2. The molecule has 4 atom stereocenters. The van der Waals surface area contributed by atoms with Crippen LogP contribution in [-0.4, -0.2) is 60.2 Å². The van der Waals surface area contributed by atoms with E-state index in [1.165, 1.54) is 58.4 Å². The van der Waals surface area contributed by atoms with Gasteiger partial charge in [-0.2, -0.15) is 0 Å². The summed E-state index contributed by atoms with van der Waals surface area (Å²) in [6.07, 6.45) is 5.49. The smallest absolute Gasteiger partial charge is 0.170 e. The number of nitrogens with one attached hydrogen (secondary N) is 2. The highest BCUT2D eigenvalue weighted by Crippen LogP contribution is 2.37. The van der Waals surface area contributed by atoms with Crippen LogP contribution in [0.3, 0.4) is 0 Å². The van der Waals surface area contributed by atoms with Gasteiger partial charge < -0.3 is 15.5 Å². The number of piperidine rings is 4. The Morgan fingerprint density at radius 3 is 2.59 bits per heavy atom. The molecule has 4 saturated heterocycles. The van der Waals surface area contributed by atoms with Crippen molar-refractivity contribution in [1.82, 2.24) is 15.1 Å². The number of rotatable bonds is 5. The summed E-state index contributed by atoms with van der Waals surface area (Å²) < 4.78 is 0. The van der Waals surface area contributed by atoms with Crippen molar-refractivity contribution in [2.75, 3.05) is 44.6 Å². The van der Waals surface area contributed by atoms with Gasteiger partial charge in [-0.1, -0.05) is 25.1 Å². The fraction of sp³-hybridized carbons (Fsp3) is 0.682. The van der Waals surface area contributed by atoms with Crippen molar-refractivity contribution in [2.45, 2.75) is 38.6 Å². The summed E-state index contributed by atoms with van der Waals surface area (Å²) in [5, 5.41) is 7.48. The molecule has 5 heteroatoms. The molecule has 0 spiro atoms. The Morgan fingerprint density at radius 2 is 1.89 bits per heavy atom. The number of para-hydroxylation sites is 1. The van der Waals surface area contributed by atoms with Gasteiger partial charge in [-0.15, -0.1) is 0 Å². The van der Waals surface area contributed by atoms with Crippen LogP contribution < -0.4 is 10.6 Å². The Bertz CT molecular complexity index is 614. The average Bonchev–Trinajstić information content (AvgIpc) is 2.70. The van der Waals surface area contributed by atoms with Gasteiger partial charge >= 0.3 is 0 Å². The van der Waals surface area contributed by atoms with Gasteiger partial charge in [-0.05, 0) is 87.4 Å². The second kappa shape index (κ2) is 8.89. The normalized spacial score (nSPS) is 31.6. The summed E-state index contributed by atoms with van der Waals surface area (Å²) in [6, 6.07) is 10.8. The van der Waals surface area contributed by atoms with Gasteiger partial charge in [0.2, 0.25) is 0 Å². The zero-order valence-corrected chi connectivity index (χ0v) is 17.4. The largest absolute Gasteiger partial charge is 0.361 e. The number of hydrogen-bond donors (Lipinski definition) is 2. The molecule has 5 rings (SSSR count). The summed E-state index contributed by atoms with van der Waals surface area (Å²) in [6.45, 7) is 9.86. The van der Waals surface area contributed by atoms with E-state index in [0.717, 1.165) is 35.1 Å². The van der Waals surface area contributed by atoms with Crippen molar-refractivity contribution >= 4 is 23.0 Å². The molecule has 0 amide bonds. The molecule has 148 valence electrons. The molecule has 4 heterocycles. The van der Waals surface area contributed by atoms with Crippen LogP contribution in [0.15, 0.2) is 30.3 Å². The minimum Gasteiger partial charge on any atom is -0.361 e. The van der Waals surface area contributed by atoms with E-state index >= 15 is 0 Å². The molecule has 4 aliphatic heterocycles. The Hall–Kier alpha value is -1.17. The Balaban J connectivity index is 1.22. The average molecular weight is 387 g/mol. The third-order valence-electron chi connectivity index (χ3n) is 6.91. The molecule has 1 unspecified atom stereocenters. The van der Waals surface area contributed by atoms with Crippen LogP contribution in [0.2, 0.25) is 0 Å². The maximum atomic E-state index is 5.48. The Labute approximate surface area is 169 Å². The van der Waals surface area contributed by atoms with Crippen LogP contribution in [-0.2, 0) is 0 Å². The summed E-state index contributed by atoms with van der Waals surface area (Å²) in [5.74, 6) is 2.70. The number of hydrogen-bond acceptors (Lipinski definition) is 3. The number of benzene rings is 1. The second-order valence-corrected chi connectivity index (χ2v) is 9.29. The summed E-state index contributed by atoms with van der Waals surface area (Å²) in [7, 11) is 0. The first-order valence-electron chi connectivity index (χ1n) is 10.7. The molecule has 0 aromatic heterocycles. The zero-order chi connectivity index (χ0) is 18.6. The maximum absolute atomic E-state index is 5.48. The summed E-state index contributed by atoms with van der Waals surface area (Å²) >= 11 is 5.48. The molecule has 2 N–H and O–H groups in total. The van der Waals surface area contributed by atoms with Gasteiger partial charge in [0.25, 0.3) is 0 Å². The molecular weight excluding hydrogens is 352 g/mol. The standard InChI is InChI=1S/C22H34N4S/c1-17-7-10-25(11-8-17)15-19-16-26-12-9-18(19)13-21(26)14-23-22(27)24-20-5-3-2-4-6-20/h2-6,17-19,21H,7-16H2,1H3,(H2,23,24,27)/t18-,19-,21+/m0/s1. The van der Waals surface area contributed by atoms with E-state index in [1.54, 1.807) is 0 Å². The number of nitrogens with zero attached hydrogens (tertiary/aromatic N) is 2. The monoisotopic (exact) mass is 386 g/mol. The SMILES string of the molecule is CC1CCN(C[C@H]2CN3CC[C@H]2C[C@@H]3CNC(=S)Nc2ccccc2)CC1. The summed E-state index contributed by atoms with van der Waals surface area (Å²) in [5.41, 5.74) is 1.05. The number of anilines is 1. The molecule has 2 bridgehead atoms. The quantitative estimate of drug-likeness (QED) is 0.757. The molecule has 0 radical (unpaired) electrons. The Kier molecular flexibility index (Phi) is 6.31. The lowest BCUT2D eigenvalue weighted by molar-refractivity contribution is -0.0138. The van der Waals surface area contributed by atoms with Gasteiger partial charge in [-0.3, -0.25) is 4.90 Å². The van der Waals surface area contributed by atoms with Gasteiger partial charge in [0.1, 0.15) is 0 Å². The van der Waals surface area contributed by atoms with Crippen LogP contribution in [0.4, 0.5) is 5.69 Å².